The Morgan fingerprint density at radius 2 is 1.82 bits per heavy atom. The van der Waals surface area contributed by atoms with Crippen LogP contribution in [0.2, 0.25) is 0 Å². The predicted molar refractivity (Wildman–Crippen MR) is 74.6 cm³/mol. The molecule has 5 nitrogen and oxygen atoms in total. The van der Waals surface area contributed by atoms with Crippen LogP contribution < -0.4 is 16.8 Å². The Bertz CT molecular complexity index is 375. The van der Waals surface area contributed by atoms with Crippen molar-refractivity contribution in [2.24, 2.45) is 21.5 Å². The highest BCUT2D eigenvalue weighted by atomic mass is 35.5. The average molecular weight is 256 g/mol. The Morgan fingerprint density at radius 1 is 1.18 bits per heavy atom. The molecule has 17 heavy (non-hydrogen) atoms. The quantitative estimate of drug-likeness (QED) is 0.543. The van der Waals surface area contributed by atoms with Gasteiger partial charge in [-0.2, -0.15) is 0 Å². The highest BCUT2D eigenvalue weighted by Crippen LogP contribution is 1.98. The molecule has 0 atom stereocenters. The summed E-state index contributed by atoms with van der Waals surface area (Å²) in [6.07, 6.45) is 0.854. The maximum absolute atomic E-state index is 5.59. The number of guanidine groups is 2. The number of nitrogens with zero attached hydrogens (tertiary/aromatic N) is 2. The van der Waals surface area contributed by atoms with E-state index in [0.717, 1.165) is 6.42 Å². The third kappa shape index (κ3) is 6.42. The molecule has 1 aromatic carbocycles. The van der Waals surface area contributed by atoms with Crippen molar-refractivity contribution in [1.29, 1.82) is 0 Å². The van der Waals surface area contributed by atoms with Crippen LogP contribution in [-0.2, 0) is 6.42 Å². The van der Waals surface area contributed by atoms with E-state index in [9.17, 15) is 0 Å². The van der Waals surface area contributed by atoms with E-state index >= 15 is 0 Å². The Labute approximate surface area is 107 Å². The summed E-state index contributed by atoms with van der Waals surface area (Å²) in [5.74, 6) is 0.556. The van der Waals surface area contributed by atoms with E-state index in [1.165, 1.54) is 5.56 Å². The molecule has 0 bridgehead atoms. The Hall–Kier alpha value is -1.75. The van der Waals surface area contributed by atoms with Crippen molar-refractivity contribution in [3.05, 3.63) is 35.9 Å². The summed E-state index contributed by atoms with van der Waals surface area (Å²) in [7, 11) is 1.58. The van der Waals surface area contributed by atoms with Gasteiger partial charge in [-0.05, 0) is 12.0 Å². The Balaban J connectivity index is 0.00000256. The largest absolute Gasteiger partial charge is 0.370 e. The molecule has 0 aromatic heterocycles. The number of benzene rings is 1. The third-order valence-corrected chi connectivity index (χ3v) is 2.02. The zero-order valence-electron chi connectivity index (χ0n) is 9.76. The molecular formula is C11H18ClN5. The number of hydrogen-bond acceptors (Lipinski definition) is 2. The van der Waals surface area contributed by atoms with Crippen molar-refractivity contribution >= 4 is 24.3 Å². The van der Waals surface area contributed by atoms with Gasteiger partial charge in [-0.15, -0.1) is 12.4 Å². The van der Waals surface area contributed by atoms with E-state index in [1.807, 2.05) is 18.2 Å². The molecule has 0 unspecified atom stereocenters. The molecule has 94 valence electrons. The van der Waals surface area contributed by atoms with Gasteiger partial charge >= 0.3 is 0 Å². The molecule has 0 saturated carbocycles. The molecule has 0 aliphatic rings. The average Bonchev–Trinajstić information content (AvgIpc) is 2.30. The molecule has 0 heterocycles. The highest BCUT2D eigenvalue weighted by Gasteiger charge is 1.94. The van der Waals surface area contributed by atoms with Gasteiger partial charge in [0.1, 0.15) is 0 Å². The molecule has 0 radical (unpaired) electrons. The molecule has 1 aromatic rings. The maximum atomic E-state index is 5.59. The van der Waals surface area contributed by atoms with E-state index in [2.05, 4.69) is 27.4 Å². The molecule has 0 saturated heterocycles. The van der Waals surface area contributed by atoms with Gasteiger partial charge in [-0.3, -0.25) is 15.3 Å². The van der Waals surface area contributed by atoms with Crippen LogP contribution >= 0.6 is 12.4 Å². The second-order valence-corrected chi connectivity index (χ2v) is 3.24. The van der Waals surface area contributed by atoms with Crippen LogP contribution in [0.1, 0.15) is 5.56 Å². The first-order valence-electron chi connectivity index (χ1n) is 5.05. The molecule has 5 N–H and O–H groups in total. The van der Waals surface area contributed by atoms with Crippen molar-refractivity contribution in [2.45, 2.75) is 6.42 Å². The van der Waals surface area contributed by atoms with Gasteiger partial charge in [0, 0.05) is 13.6 Å². The summed E-state index contributed by atoms with van der Waals surface area (Å²) >= 11 is 0. The third-order valence-electron chi connectivity index (χ3n) is 2.02. The van der Waals surface area contributed by atoms with Gasteiger partial charge in [-0.1, -0.05) is 30.3 Å². The first-order valence-corrected chi connectivity index (χ1v) is 5.05. The SMILES string of the molecule is CN=C(N)NC(N)=NCCc1ccccc1.Cl. The van der Waals surface area contributed by atoms with Gasteiger partial charge < -0.3 is 11.5 Å². The first kappa shape index (κ1) is 15.2. The van der Waals surface area contributed by atoms with Crippen LogP contribution in [0.3, 0.4) is 0 Å². The number of halogens is 1. The summed E-state index contributed by atoms with van der Waals surface area (Å²) in [5, 5.41) is 2.67. The fraction of sp³-hybridized carbons (Fsp3) is 0.273. The van der Waals surface area contributed by atoms with Crippen molar-refractivity contribution in [2.75, 3.05) is 13.6 Å². The van der Waals surface area contributed by atoms with Crippen LogP contribution in [0.5, 0.6) is 0 Å². The fourth-order valence-corrected chi connectivity index (χ4v) is 1.18. The van der Waals surface area contributed by atoms with Crippen molar-refractivity contribution < 1.29 is 0 Å². The number of rotatable bonds is 3. The smallest absolute Gasteiger partial charge is 0.195 e. The van der Waals surface area contributed by atoms with Crippen molar-refractivity contribution in [1.82, 2.24) is 5.32 Å². The van der Waals surface area contributed by atoms with E-state index in [4.69, 9.17) is 11.5 Å². The number of nitrogens with one attached hydrogen (secondary N) is 1. The summed E-state index contributed by atoms with van der Waals surface area (Å²) in [4.78, 5) is 7.85. The zero-order chi connectivity index (χ0) is 11.8. The van der Waals surface area contributed by atoms with E-state index in [0.29, 0.717) is 12.5 Å². The van der Waals surface area contributed by atoms with Gasteiger partial charge in [-0.25, -0.2) is 0 Å². The molecular weight excluding hydrogens is 238 g/mol. The number of hydrogen-bond donors (Lipinski definition) is 3. The normalized spacial score (nSPS) is 11.8. The lowest BCUT2D eigenvalue weighted by molar-refractivity contribution is 0.955. The summed E-state index contributed by atoms with van der Waals surface area (Å²) < 4.78 is 0. The minimum atomic E-state index is 0. The van der Waals surface area contributed by atoms with Gasteiger partial charge in [0.2, 0.25) is 0 Å². The summed E-state index contributed by atoms with van der Waals surface area (Å²) in [6, 6.07) is 10.1. The second-order valence-electron chi connectivity index (χ2n) is 3.24. The molecule has 6 heteroatoms. The monoisotopic (exact) mass is 255 g/mol. The Kier molecular flexibility index (Phi) is 7.54. The summed E-state index contributed by atoms with van der Waals surface area (Å²) in [5.41, 5.74) is 12.3. The molecule has 0 amide bonds. The van der Waals surface area contributed by atoms with Crippen LogP contribution in [0, 0.1) is 0 Å². The van der Waals surface area contributed by atoms with Gasteiger partial charge in [0.25, 0.3) is 0 Å². The predicted octanol–water partition coefficient (Wildman–Crippen LogP) is 0.500. The van der Waals surface area contributed by atoms with Crippen LogP contribution in [0.4, 0.5) is 0 Å². The highest BCUT2D eigenvalue weighted by molar-refractivity contribution is 5.96. The summed E-state index contributed by atoms with van der Waals surface area (Å²) in [6.45, 7) is 0.625. The van der Waals surface area contributed by atoms with Gasteiger partial charge in [0.15, 0.2) is 11.9 Å². The van der Waals surface area contributed by atoms with Crippen LogP contribution in [-0.4, -0.2) is 25.5 Å². The zero-order valence-corrected chi connectivity index (χ0v) is 10.6. The topological polar surface area (TPSA) is 88.8 Å². The Morgan fingerprint density at radius 3 is 2.41 bits per heavy atom. The van der Waals surface area contributed by atoms with Crippen molar-refractivity contribution in [3.8, 4) is 0 Å². The number of nitrogens with two attached hydrogens (primary N) is 2. The minimum Gasteiger partial charge on any atom is -0.370 e. The lowest BCUT2D eigenvalue weighted by Gasteiger charge is -2.03. The molecule has 1 rings (SSSR count). The standard InChI is InChI=1S/C11H17N5.ClH/c1-14-10(12)16-11(13)15-8-7-9-5-3-2-4-6-9;/h2-6H,7-8H2,1H3,(H5,12,13,14,15,16);1H. The van der Waals surface area contributed by atoms with Crippen LogP contribution in [0.25, 0.3) is 0 Å². The van der Waals surface area contributed by atoms with E-state index in [1.54, 1.807) is 7.05 Å². The minimum absolute atomic E-state index is 0. The second kappa shape index (κ2) is 8.41. The molecule has 0 aliphatic carbocycles. The van der Waals surface area contributed by atoms with Crippen molar-refractivity contribution in [3.63, 3.8) is 0 Å². The lowest BCUT2D eigenvalue weighted by atomic mass is 10.2. The molecule has 0 aliphatic heterocycles. The van der Waals surface area contributed by atoms with Gasteiger partial charge in [0.05, 0.1) is 0 Å². The maximum Gasteiger partial charge on any atom is 0.195 e. The molecule has 0 fully saturated rings. The first-order chi connectivity index (χ1) is 7.72. The van der Waals surface area contributed by atoms with E-state index < -0.39 is 0 Å². The fourth-order valence-electron chi connectivity index (χ4n) is 1.18. The van der Waals surface area contributed by atoms with E-state index in [-0.39, 0.29) is 18.4 Å². The lowest BCUT2D eigenvalue weighted by Crippen LogP contribution is -2.41. The van der Waals surface area contributed by atoms with Crippen LogP contribution in [0.15, 0.2) is 40.3 Å². The number of aliphatic imine (C=N–C) groups is 2. The molecule has 0 spiro atoms.